The zero-order valence-electron chi connectivity index (χ0n) is 9.77. The lowest BCUT2D eigenvalue weighted by molar-refractivity contribution is 0.208. The van der Waals surface area contributed by atoms with Crippen molar-refractivity contribution < 1.29 is 5.11 Å². The van der Waals surface area contributed by atoms with Crippen LogP contribution in [-0.2, 0) is 6.54 Å². The molecule has 0 saturated carbocycles. The molecule has 0 amide bonds. The molecule has 2 aromatic rings. The number of nitrogen functional groups attached to an aromatic ring is 1. The number of hydrogen-bond donors (Lipinski definition) is 2. The van der Waals surface area contributed by atoms with Gasteiger partial charge in [0.2, 0.25) is 0 Å². The van der Waals surface area contributed by atoms with E-state index in [1.165, 1.54) is 0 Å². The topological polar surface area (TPSA) is 64.1 Å². The number of anilines is 1. The molecular weight excluding hydrogens is 318 g/mol. The van der Waals surface area contributed by atoms with Gasteiger partial charge in [-0.2, -0.15) is 5.10 Å². The number of halogens is 2. The lowest BCUT2D eigenvalue weighted by Crippen LogP contribution is -2.11. The van der Waals surface area contributed by atoms with E-state index in [-0.39, 0.29) is 0 Å². The molecule has 0 aliphatic carbocycles. The molecule has 3 N–H and O–H groups in total. The van der Waals surface area contributed by atoms with Crippen molar-refractivity contribution in [2.45, 2.75) is 19.6 Å². The van der Waals surface area contributed by atoms with Gasteiger partial charge in [0.1, 0.15) is 6.10 Å². The second-order valence-corrected chi connectivity index (χ2v) is 5.16. The van der Waals surface area contributed by atoms with E-state index < -0.39 is 6.10 Å². The number of benzene rings is 1. The van der Waals surface area contributed by atoms with Gasteiger partial charge in [0.05, 0.1) is 16.4 Å². The fourth-order valence-corrected chi connectivity index (χ4v) is 2.53. The Bertz CT molecular complexity index is 570. The maximum absolute atomic E-state index is 10.4. The average Bonchev–Trinajstić information content (AvgIpc) is 2.69. The SMILES string of the molecule is CCn1ncc(Br)c1C(O)c1ccc(Cl)cc1N. The van der Waals surface area contributed by atoms with E-state index in [9.17, 15) is 5.11 Å². The predicted octanol–water partition coefficient (Wildman–Crippen LogP) is 2.98. The molecule has 0 spiro atoms. The van der Waals surface area contributed by atoms with Gasteiger partial charge in [-0.05, 0) is 35.0 Å². The zero-order chi connectivity index (χ0) is 13.3. The van der Waals surface area contributed by atoms with Gasteiger partial charge in [-0.15, -0.1) is 0 Å². The van der Waals surface area contributed by atoms with Crippen LogP contribution in [0.25, 0.3) is 0 Å². The van der Waals surface area contributed by atoms with Crippen molar-refractivity contribution in [3.8, 4) is 0 Å². The summed E-state index contributed by atoms with van der Waals surface area (Å²) >= 11 is 9.23. The Morgan fingerprint density at radius 1 is 1.56 bits per heavy atom. The van der Waals surface area contributed by atoms with Crippen LogP contribution in [0, 0.1) is 0 Å². The summed E-state index contributed by atoms with van der Waals surface area (Å²) in [5.41, 5.74) is 7.65. The first-order valence-corrected chi connectivity index (χ1v) is 6.66. The number of aliphatic hydroxyl groups excluding tert-OH is 1. The van der Waals surface area contributed by atoms with Crippen molar-refractivity contribution >= 4 is 33.2 Å². The van der Waals surface area contributed by atoms with Crippen molar-refractivity contribution in [1.82, 2.24) is 9.78 Å². The predicted molar refractivity (Wildman–Crippen MR) is 75.5 cm³/mol. The lowest BCUT2D eigenvalue weighted by atomic mass is 10.0. The largest absolute Gasteiger partial charge is 0.398 e. The first-order valence-electron chi connectivity index (χ1n) is 5.48. The van der Waals surface area contributed by atoms with Crippen molar-refractivity contribution in [2.75, 3.05) is 5.73 Å². The highest BCUT2D eigenvalue weighted by Crippen LogP contribution is 2.32. The van der Waals surface area contributed by atoms with Gasteiger partial charge in [-0.3, -0.25) is 4.68 Å². The lowest BCUT2D eigenvalue weighted by Gasteiger charge is -2.15. The molecule has 96 valence electrons. The third-order valence-corrected chi connectivity index (χ3v) is 3.58. The maximum Gasteiger partial charge on any atom is 0.124 e. The minimum Gasteiger partial charge on any atom is -0.398 e. The van der Waals surface area contributed by atoms with Crippen LogP contribution in [0.3, 0.4) is 0 Å². The molecule has 18 heavy (non-hydrogen) atoms. The molecule has 0 bridgehead atoms. The highest BCUT2D eigenvalue weighted by atomic mass is 79.9. The van der Waals surface area contributed by atoms with E-state index >= 15 is 0 Å². The van der Waals surface area contributed by atoms with Gasteiger partial charge in [-0.25, -0.2) is 0 Å². The maximum atomic E-state index is 10.4. The second kappa shape index (κ2) is 5.30. The zero-order valence-corrected chi connectivity index (χ0v) is 12.1. The van der Waals surface area contributed by atoms with Gasteiger partial charge < -0.3 is 10.8 Å². The number of aromatic nitrogens is 2. The number of aryl methyl sites for hydroxylation is 1. The van der Waals surface area contributed by atoms with Crippen molar-refractivity contribution in [2.24, 2.45) is 0 Å². The summed E-state index contributed by atoms with van der Waals surface area (Å²) in [6.07, 6.45) is 0.827. The molecule has 1 aromatic carbocycles. The summed E-state index contributed by atoms with van der Waals surface area (Å²) in [6.45, 7) is 2.63. The van der Waals surface area contributed by atoms with Crippen LogP contribution in [0.1, 0.15) is 24.3 Å². The molecule has 1 aromatic heterocycles. The van der Waals surface area contributed by atoms with Crippen LogP contribution >= 0.6 is 27.5 Å². The highest BCUT2D eigenvalue weighted by molar-refractivity contribution is 9.10. The number of nitrogens with zero attached hydrogens (tertiary/aromatic N) is 2. The number of nitrogens with two attached hydrogens (primary N) is 1. The Morgan fingerprint density at radius 2 is 2.28 bits per heavy atom. The molecule has 4 nitrogen and oxygen atoms in total. The van der Waals surface area contributed by atoms with Gasteiger partial charge >= 0.3 is 0 Å². The van der Waals surface area contributed by atoms with Gasteiger partial charge in [0.15, 0.2) is 0 Å². The van der Waals surface area contributed by atoms with Gasteiger partial charge in [0, 0.05) is 22.8 Å². The van der Waals surface area contributed by atoms with Crippen molar-refractivity contribution in [3.63, 3.8) is 0 Å². The summed E-state index contributed by atoms with van der Waals surface area (Å²) in [5, 5.41) is 15.1. The number of rotatable bonds is 3. The van der Waals surface area contributed by atoms with Crippen molar-refractivity contribution in [1.29, 1.82) is 0 Å². The Kier molecular flexibility index (Phi) is 3.94. The third-order valence-electron chi connectivity index (χ3n) is 2.74. The Balaban J connectivity index is 2.47. The van der Waals surface area contributed by atoms with Crippen LogP contribution in [0.5, 0.6) is 0 Å². The van der Waals surface area contributed by atoms with Gasteiger partial charge in [-0.1, -0.05) is 17.7 Å². The van der Waals surface area contributed by atoms with E-state index in [2.05, 4.69) is 21.0 Å². The average molecular weight is 331 g/mol. The summed E-state index contributed by atoms with van der Waals surface area (Å²) in [6, 6.07) is 5.06. The van der Waals surface area contributed by atoms with Crippen LogP contribution < -0.4 is 5.73 Å². The first kappa shape index (κ1) is 13.4. The van der Waals surface area contributed by atoms with E-state index in [1.54, 1.807) is 29.1 Å². The van der Waals surface area contributed by atoms with Crippen LogP contribution in [-0.4, -0.2) is 14.9 Å². The molecule has 6 heteroatoms. The van der Waals surface area contributed by atoms with Crippen LogP contribution in [0.4, 0.5) is 5.69 Å². The summed E-state index contributed by atoms with van der Waals surface area (Å²) < 4.78 is 2.48. The normalized spacial score (nSPS) is 12.7. The Labute approximate surface area is 118 Å². The molecule has 1 atom stereocenters. The highest BCUT2D eigenvalue weighted by Gasteiger charge is 2.20. The van der Waals surface area contributed by atoms with E-state index in [0.717, 1.165) is 4.47 Å². The Hall–Kier alpha value is -1.04. The fraction of sp³-hybridized carbons (Fsp3) is 0.250. The van der Waals surface area contributed by atoms with E-state index in [0.29, 0.717) is 28.5 Å². The van der Waals surface area contributed by atoms with Crippen molar-refractivity contribution in [3.05, 3.63) is 45.1 Å². The number of hydrogen-bond acceptors (Lipinski definition) is 3. The molecule has 1 heterocycles. The first-order chi connectivity index (χ1) is 8.54. The minimum atomic E-state index is -0.834. The third kappa shape index (κ3) is 2.39. The standard InChI is InChI=1S/C12H13BrClN3O/c1-2-17-11(9(13)6-16-17)12(18)8-4-3-7(14)5-10(8)15/h3-6,12,18H,2,15H2,1H3. The molecule has 0 aliphatic heterocycles. The van der Waals surface area contributed by atoms with Crippen LogP contribution in [0.2, 0.25) is 5.02 Å². The number of aliphatic hydroxyl groups is 1. The molecule has 0 fully saturated rings. The molecule has 2 rings (SSSR count). The fourth-order valence-electron chi connectivity index (χ4n) is 1.84. The van der Waals surface area contributed by atoms with Gasteiger partial charge in [0.25, 0.3) is 0 Å². The summed E-state index contributed by atoms with van der Waals surface area (Å²) in [5.74, 6) is 0. The smallest absolute Gasteiger partial charge is 0.124 e. The summed E-state index contributed by atoms with van der Waals surface area (Å²) in [7, 11) is 0. The molecule has 0 aliphatic rings. The Morgan fingerprint density at radius 3 is 2.89 bits per heavy atom. The van der Waals surface area contributed by atoms with E-state index in [1.807, 2.05) is 6.92 Å². The molecule has 0 radical (unpaired) electrons. The second-order valence-electron chi connectivity index (χ2n) is 3.87. The summed E-state index contributed by atoms with van der Waals surface area (Å²) in [4.78, 5) is 0. The quantitative estimate of drug-likeness (QED) is 0.850. The van der Waals surface area contributed by atoms with Crippen LogP contribution in [0.15, 0.2) is 28.9 Å². The molecular formula is C12H13BrClN3O. The monoisotopic (exact) mass is 329 g/mol. The molecule has 0 saturated heterocycles. The molecule has 1 unspecified atom stereocenters. The minimum absolute atomic E-state index is 0.464. The van der Waals surface area contributed by atoms with E-state index in [4.69, 9.17) is 17.3 Å².